The van der Waals surface area contributed by atoms with Crippen molar-refractivity contribution in [3.63, 3.8) is 0 Å². The average molecular weight is 268 g/mol. The Balaban J connectivity index is 1.93. The molecule has 20 heavy (non-hydrogen) atoms. The van der Waals surface area contributed by atoms with E-state index in [-0.39, 0.29) is 0 Å². The van der Waals surface area contributed by atoms with E-state index >= 15 is 0 Å². The summed E-state index contributed by atoms with van der Waals surface area (Å²) in [5.74, 6) is -0.192. The third kappa shape index (κ3) is 4.28. The van der Waals surface area contributed by atoms with Crippen molar-refractivity contribution in [2.75, 3.05) is 0 Å². The fourth-order valence-electron chi connectivity index (χ4n) is 1.69. The summed E-state index contributed by atoms with van der Waals surface area (Å²) in [6, 6.07) is 15.5. The van der Waals surface area contributed by atoms with Crippen molar-refractivity contribution in [2.45, 2.75) is 13.5 Å². The van der Waals surface area contributed by atoms with E-state index in [4.69, 9.17) is 9.84 Å². The molecule has 0 aliphatic heterocycles. The van der Waals surface area contributed by atoms with Gasteiger partial charge in [-0.15, -0.1) is 0 Å². The van der Waals surface area contributed by atoms with Crippen LogP contribution in [0, 0.1) is 6.92 Å². The van der Waals surface area contributed by atoms with Crippen molar-refractivity contribution in [1.82, 2.24) is 0 Å². The Morgan fingerprint density at radius 2 is 1.75 bits per heavy atom. The van der Waals surface area contributed by atoms with Crippen molar-refractivity contribution < 1.29 is 14.6 Å². The number of ether oxygens (including phenoxy) is 1. The van der Waals surface area contributed by atoms with E-state index in [2.05, 4.69) is 12.1 Å². The first-order valence-corrected chi connectivity index (χ1v) is 6.33. The Morgan fingerprint density at radius 3 is 2.35 bits per heavy atom. The second kappa shape index (κ2) is 6.57. The normalized spacial score (nSPS) is 10.7. The maximum atomic E-state index is 10.4. The van der Waals surface area contributed by atoms with Gasteiger partial charge in [-0.3, -0.25) is 0 Å². The van der Waals surface area contributed by atoms with Gasteiger partial charge in [-0.1, -0.05) is 42.0 Å². The molecule has 0 aliphatic rings. The predicted molar refractivity (Wildman–Crippen MR) is 78.6 cm³/mol. The molecule has 1 N–H and O–H groups in total. The van der Waals surface area contributed by atoms with Crippen molar-refractivity contribution in [2.24, 2.45) is 0 Å². The molecule has 0 unspecified atom stereocenters. The molecular formula is C17H16O3. The molecule has 3 heteroatoms. The molecule has 102 valence electrons. The van der Waals surface area contributed by atoms with Crippen LogP contribution in [0.2, 0.25) is 0 Å². The molecular weight excluding hydrogens is 252 g/mol. The number of carboxylic acid groups (broad SMARTS) is 1. The van der Waals surface area contributed by atoms with E-state index in [0.29, 0.717) is 6.61 Å². The van der Waals surface area contributed by atoms with Crippen LogP contribution in [0.3, 0.4) is 0 Å². The molecule has 0 fully saturated rings. The molecule has 0 aromatic heterocycles. The SMILES string of the molecule is Cc1ccc(COc2ccc(C=CC(=O)O)cc2)cc1. The molecule has 0 aliphatic carbocycles. The Bertz CT molecular complexity index is 595. The summed E-state index contributed by atoms with van der Waals surface area (Å²) >= 11 is 0. The first-order chi connectivity index (χ1) is 9.63. The minimum atomic E-state index is -0.954. The van der Waals surface area contributed by atoms with E-state index < -0.39 is 5.97 Å². The summed E-state index contributed by atoms with van der Waals surface area (Å²) < 4.78 is 5.67. The van der Waals surface area contributed by atoms with Crippen LogP contribution >= 0.6 is 0 Å². The monoisotopic (exact) mass is 268 g/mol. The molecule has 0 spiro atoms. The van der Waals surface area contributed by atoms with Gasteiger partial charge >= 0.3 is 5.97 Å². The minimum absolute atomic E-state index is 0.518. The number of benzene rings is 2. The maximum absolute atomic E-state index is 10.4. The number of carbonyl (C=O) groups is 1. The first kappa shape index (κ1) is 13.9. The second-order valence-corrected chi connectivity index (χ2v) is 4.51. The Labute approximate surface area is 118 Å². The number of carboxylic acids is 1. The Morgan fingerprint density at radius 1 is 1.10 bits per heavy atom. The first-order valence-electron chi connectivity index (χ1n) is 6.33. The Kier molecular flexibility index (Phi) is 4.56. The maximum Gasteiger partial charge on any atom is 0.328 e. The van der Waals surface area contributed by atoms with Crippen molar-refractivity contribution in [3.05, 3.63) is 71.3 Å². The van der Waals surface area contributed by atoms with E-state index in [1.54, 1.807) is 6.08 Å². The Hall–Kier alpha value is -2.55. The summed E-state index contributed by atoms with van der Waals surface area (Å²) in [6.45, 7) is 2.57. The van der Waals surface area contributed by atoms with E-state index in [9.17, 15) is 4.79 Å². The van der Waals surface area contributed by atoms with Crippen molar-refractivity contribution >= 4 is 12.0 Å². The fraction of sp³-hybridized carbons (Fsp3) is 0.118. The van der Waals surface area contributed by atoms with Crippen LogP contribution in [-0.4, -0.2) is 11.1 Å². The average Bonchev–Trinajstić information content (AvgIpc) is 2.45. The number of rotatable bonds is 5. The molecule has 2 aromatic carbocycles. The van der Waals surface area contributed by atoms with Gasteiger partial charge in [0.05, 0.1) is 0 Å². The zero-order valence-electron chi connectivity index (χ0n) is 11.2. The lowest BCUT2D eigenvalue weighted by atomic mass is 10.2. The van der Waals surface area contributed by atoms with Crippen LogP contribution in [0.5, 0.6) is 5.75 Å². The van der Waals surface area contributed by atoms with Crippen molar-refractivity contribution in [3.8, 4) is 5.75 Å². The van der Waals surface area contributed by atoms with Crippen LogP contribution in [0.15, 0.2) is 54.6 Å². The van der Waals surface area contributed by atoms with Crippen molar-refractivity contribution in [1.29, 1.82) is 0 Å². The van der Waals surface area contributed by atoms with Gasteiger partial charge in [-0.2, -0.15) is 0 Å². The molecule has 0 amide bonds. The molecule has 0 saturated heterocycles. The summed E-state index contributed by atoms with van der Waals surface area (Å²) in [5.41, 5.74) is 3.17. The molecule has 0 heterocycles. The summed E-state index contributed by atoms with van der Waals surface area (Å²) in [7, 11) is 0. The quantitative estimate of drug-likeness (QED) is 0.841. The molecule has 0 radical (unpaired) electrons. The van der Waals surface area contributed by atoms with Gasteiger partial charge in [-0.05, 0) is 36.3 Å². The van der Waals surface area contributed by atoms with Gasteiger partial charge in [-0.25, -0.2) is 4.79 Å². The summed E-state index contributed by atoms with van der Waals surface area (Å²) in [4.78, 5) is 10.4. The van der Waals surface area contributed by atoms with Crippen LogP contribution in [0.4, 0.5) is 0 Å². The van der Waals surface area contributed by atoms with Gasteiger partial charge in [0.2, 0.25) is 0 Å². The van der Waals surface area contributed by atoms with Gasteiger partial charge in [0.15, 0.2) is 0 Å². The predicted octanol–water partition coefficient (Wildman–Crippen LogP) is 3.67. The van der Waals surface area contributed by atoms with E-state index in [1.165, 1.54) is 5.56 Å². The number of aryl methyl sites for hydroxylation is 1. The molecule has 0 atom stereocenters. The minimum Gasteiger partial charge on any atom is -0.489 e. The highest BCUT2D eigenvalue weighted by molar-refractivity contribution is 5.85. The summed E-state index contributed by atoms with van der Waals surface area (Å²) in [6.07, 6.45) is 2.66. The molecule has 0 bridgehead atoms. The van der Waals surface area contributed by atoms with Gasteiger partial charge in [0, 0.05) is 6.08 Å². The third-order valence-corrected chi connectivity index (χ3v) is 2.82. The molecule has 0 saturated carbocycles. The number of hydrogen-bond donors (Lipinski definition) is 1. The molecule has 3 nitrogen and oxygen atoms in total. The zero-order valence-corrected chi connectivity index (χ0v) is 11.2. The number of aliphatic carboxylic acids is 1. The van der Waals surface area contributed by atoms with Gasteiger partial charge in [0.1, 0.15) is 12.4 Å². The van der Waals surface area contributed by atoms with E-state index in [1.807, 2.05) is 43.3 Å². The van der Waals surface area contributed by atoms with Crippen LogP contribution in [-0.2, 0) is 11.4 Å². The van der Waals surface area contributed by atoms with Gasteiger partial charge < -0.3 is 9.84 Å². The highest BCUT2D eigenvalue weighted by atomic mass is 16.5. The molecule has 2 rings (SSSR count). The van der Waals surface area contributed by atoms with Crippen LogP contribution < -0.4 is 4.74 Å². The van der Waals surface area contributed by atoms with Crippen LogP contribution in [0.25, 0.3) is 6.08 Å². The topological polar surface area (TPSA) is 46.5 Å². The lowest BCUT2D eigenvalue weighted by molar-refractivity contribution is -0.131. The highest BCUT2D eigenvalue weighted by Crippen LogP contribution is 2.15. The fourth-order valence-corrected chi connectivity index (χ4v) is 1.69. The second-order valence-electron chi connectivity index (χ2n) is 4.51. The highest BCUT2D eigenvalue weighted by Gasteiger charge is 1.96. The lowest BCUT2D eigenvalue weighted by Gasteiger charge is -2.06. The standard InChI is InChI=1S/C17H16O3/c1-13-2-4-15(5-3-13)12-20-16-9-6-14(7-10-16)8-11-17(18)19/h2-11H,12H2,1H3,(H,18,19). The third-order valence-electron chi connectivity index (χ3n) is 2.82. The van der Waals surface area contributed by atoms with Gasteiger partial charge in [0.25, 0.3) is 0 Å². The smallest absolute Gasteiger partial charge is 0.328 e. The molecule has 2 aromatic rings. The number of hydrogen-bond acceptors (Lipinski definition) is 2. The summed E-state index contributed by atoms with van der Waals surface area (Å²) in [5, 5.41) is 8.55. The van der Waals surface area contributed by atoms with E-state index in [0.717, 1.165) is 23.0 Å². The lowest BCUT2D eigenvalue weighted by Crippen LogP contribution is -1.95. The largest absolute Gasteiger partial charge is 0.489 e. The van der Waals surface area contributed by atoms with Crippen LogP contribution in [0.1, 0.15) is 16.7 Å². The zero-order chi connectivity index (χ0) is 14.4.